The van der Waals surface area contributed by atoms with E-state index in [0.717, 1.165) is 0 Å². The molecule has 1 amide bonds. The lowest BCUT2D eigenvalue weighted by Gasteiger charge is -2.35. The second-order valence-electron chi connectivity index (χ2n) is 4.98. The Bertz CT molecular complexity index is 504. The number of halogens is 2. The van der Waals surface area contributed by atoms with E-state index < -0.39 is 5.60 Å². The molecule has 1 aromatic rings. The Kier molecular flexibility index (Phi) is 4.86. The van der Waals surface area contributed by atoms with Crippen molar-refractivity contribution in [3.8, 4) is 0 Å². The number of aliphatic hydroxyl groups is 1. The molecule has 1 saturated heterocycles. The van der Waals surface area contributed by atoms with Crippen LogP contribution in [0.1, 0.15) is 23.2 Å². The molecule has 0 spiro atoms. The molecule has 0 saturated carbocycles. The molecule has 0 aliphatic carbocycles. The molecule has 1 fully saturated rings. The van der Waals surface area contributed by atoms with Gasteiger partial charge < -0.3 is 14.7 Å². The van der Waals surface area contributed by atoms with Gasteiger partial charge in [-0.3, -0.25) is 4.79 Å². The molecule has 0 bridgehead atoms. The fraction of sp³-hybridized carbons (Fsp3) is 0.538. The van der Waals surface area contributed by atoms with Crippen molar-refractivity contribution < 1.29 is 14.6 Å². The van der Waals surface area contributed by atoms with Crippen LogP contribution in [0.5, 0.6) is 0 Å². The first kappa shape index (κ1) is 15.5. The average molecular weight is 319 g/mol. The van der Waals surface area contributed by atoms with E-state index in [1.165, 1.54) is 17.2 Å². The minimum atomic E-state index is -0.911. The molecule has 0 unspecified atom stereocenters. The Morgan fingerprint density at radius 1 is 1.50 bits per heavy atom. The van der Waals surface area contributed by atoms with E-state index in [-0.39, 0.29) is 28.2 Å². The average Bonchev–Trinajstić information content (AvgIpc) is 2.41. The molecule has 0 atom stereocenters. The number of nitrogens with zero attached hydrogens (tertiary/aromatic N) is 2. The summed E-state index contributed by atoms with van der Waals surface area (Å²) in [7, 11) is 1.63. The van der Waals surface area contributed by atoms with Gasteiger partial charge in [-0.1, -0.05) is 23.2 Å². The summed E-state index contributed by atoms with van der Waals surface area (Å²) in [5.74, 6) is -0.292. The van der Waals surface area contributed by atoms with E-state index in [1.54, 1.807) is 7.05 Å². The third kappa shape index (κ3) is 3.61. The fourth-order valence-corrected chi connectivity index (χ4v) is 2.55. The molecule has 0 aromatic carbocycles. The molecule has 20 heavy (non-hydrogen) atoms. The van der Waals surface area contributed by atoms with Crippen LogP contribution in [-0.2, 0) is 4.74 Å². The van der Waals surface area contributed by atoms with Crippen LogP contribution in [0.25, 0.3) is 0 Å². The van der Waals surface area contributed by atoms with Gasteiger partial charge in [-0.25, -0.2) is 4.98 Å². The molecule has 0 radical (unpaired) electrons. The second kappa shape index (κ2) is 6.26. The summed E-state index contributed by atoms with van der Waals surface area (Å²) in [6, 6.07) is 1.43. The Morgan fingerprint density at radius 2 is 2.15 bits per heavy atom. The smallest absolute Gasteiger partial charge is 0.255 e. The summed E-state index contributed by atoms with van der Waals surface area (Å²) < 4.78 is 5.22. The van der Waals surface area contributed by atoms with Crippen LogP contribution in [0.2, 0.25) is 10.2 Å². The summed E-state index contributed by atoms with van der Waals surface area (Å²) in [5, 5.41) is 10.9. The molecule has 5 nitrogen and oxygen atoms in total. The van der Waals surface area contributed by atoms with Crippen molar-refractivity contribution in [2.45, 2.75) is 18.4 Å². The summed E-state index contributed by atoms with van der Waals surface area (Å²) in [6.45, 7) is 1.23. The molecular formula is C13H16Cl2N2O3. The van der Waals surface area contributed by atoms with Crippen LogP contribution in [0.4, 0.5) is 0 Å². The molecule has 1 aliphatic heterocycles. The Hall–Kier alpha value is -0.880. The van der Waals surface area contributed by atoms with Gasteiger partial charge in [0.05, 0.1) is 16.2 Å². The zero-order chi connectivity index (χ0) is 14.8. The molecule has 110 valence electrons. The van der Waals surface area contributed by atoms with Gasteiger partial charge in [-0.05, 0) is 6.07 Å². The van der Waals surface area contributed by atoms with Crippen LogP contribution in [0, 0.1) is 0 Å². The number of ether oxygens (including phenoxy) is 1. The first-order valence-corrected chi connectivity index (χ1v) is 7.03. The predicted molar refractivity (Wildman–Crippen MR) is 76.2 cm³/mol. The minimum Gasteiger partial charge on any atom is -0.388 e. The largest absolute Gasteiger partial charge is 0.388 e. The van der Waals surface area contributed by atoms with E-state index in [1.807, 2.05) is 0 Å². The maximum absolute atomic E-state index is 12.3. The predicted octanol–water partition coefficient (Wildman–Crippen LogP) is 2.00. The molecule has 2 heterocycles. The molecule has 1 aromatic heterocycles. The van der Waals surface area contributed by atoms with Gasteiger partial charge in [0.25, 0.3) is 5.91 Å². The Balaban J connectivity index is 2.10. The van der Waals surface area contributed by atoms with E-state index in [4.69, 9.17) is 27.9 Å². The number of rotatable bonds is 3. The van der Waals surface area contributed by atoms with Gasteiger partial charge in [0.2, 0.25) is 0 Å². The lowest BCUT2D eigenvalue weighted by Crippen LogP contribution is -2.47. The number of carbonyl (C=O) groups excluding carboxylic acids is 1. The summed E-state index contributed by atoms with van der Waals surface area (Å²) in [4.78, 5) is 17.6. The molecule has 7 heteroatoms. The number of likely N-dealkylation sites (N-methyl/N-ethyl adjacent to an activating group) is 1. The van der Waals surface area contributed by atoms with Crippen molar-refractivity contribution in [1.29, 1.82) is 0 Å². The number of carbonyl (C=O) groups is 1. The quantitative estimate of drug-likeness (QED) is 0.866. The number of hydrogen-bond acceptors (Lipinski definition) is 4. The molecule has 2 rings (SSSR count). The Labute approximate surface area is 127 Å². The summed E-state index contributed by atoms with van der Waals surface area (Å²) >= 11 is 11.7. The van der Waals surface area contributed by atoms with Gasteiger partial charge >= 0.3 is 0 Å². The number of pyridine rings is 1. The molecule has 1 N–H and O–H groups in total. The van der Waals surface area contributed by atoms with Crippen LogP contribution < -0.4 is 0 Å². The summed E-state index contributed by atoms with van der Waals surface area (Å²) in [5.41, 5.74) is -0.629. The Morgan fingerprint density at radius 3 is 2.80 bits per heavy atom. The maximum Gasteiger partial charge on any atom is 0.255 e. The number of hydrogen-bond donors (Lipinski definition) is 1. The van der Waals surface area contributed by atoms with E-state index in [9.17, 15) is 9.90 Å². The third-order valence-corrected chi connectivity index (χ3v) is 3.86. The van der Waals surface area contributed by atoms with Gasteiger partial charge in [0.15, 0.2) is 0 Å². The first-order chi connectivity index (χ1) is 9.41. The van der Waals surface area contributed by atoms with E-state index in [2.05, 4.69) is 4.98 Å². The lowest BCUT2D eigenvalue weighted by molar-refractivity contribution is -0.0734. The van der Waals surface area contributed by atoms with Gasteiger partial charge in [-0.15, -0.1) is 0 Å². The van der Waals surface area contributed by atoms with Gasteiger partial charge in [0.1, 0.15) is 5.15 Å². The van der Waals surface area contributed by atoms with Gasteiger partial charge in [-0.2, -0.15) is 0 Å². The van der Waals surface area contributed by atoms with Crippen molar-refractivity contribution >= 4 is 29.1 Å². The minimum absolute atomic E-state index is 0.205. The molecular weight excluding hydrogens is 303 g/mol. The number of amides is 1. The van der Waals surface area contributed by atoms with Crippen molar-refractivity contribution in [3.05, 3.63) is 28.0 Å². The second-order valence-corrected chi connectivity index (χ2v) is 5.78. The lowest BCUT2D eigenvalue weighted by atomic mass is 9.94. The normalized spacial score (nSPS) is 17.8. The fourth-order valence-electron chi connectivity index (χ4n) is 2.21. The highest BCUT2D eigenvalue weighted by molar-refractivity contribution is 6.35. The van der Waals surface area contributed by atoms with Crippen LogP contribution in [0.15, 0.2) is 12.3 Å². The van der Waals surface area contributed by atoms with Crippen LogP contribution in [0.3, 0.4) is 0 Å². The highest BCUT2D eigenvalue weighted by atomic mass is 35.5. The van der Waals surface area contributed by atoms with Crippen molar-refractivity contribution in [2.24, 2.45) is 0 Å². The first-order valence-electron chi connectivity index (χ1n) is 6.28. The molecule has 1 aliphatic rings. The monoisotopic (exact) mass is 318 g/mol. The third-order valence-electron chi connectivity index (χ3n) is 3.35. The number of aromatic nitrogens is 1. The summed E-state index contributed by atoms with van der Waals surface area (Å²) in [6.07, 6.45) is 2.36. The van der Waals surface area contributed by atoms with Crippen molar-refractivity contribution in [1.82, 2.24) is 9.88 Å². The maximum atomic E-state index is 12.3. The zero-order valence-electron chi connectivity index (χ0n) is 11.1. The van der Waals surface area contributed by atoms with E-state index >= 15 is 0 Å². The van der Waals surface area contributed by atoms with Crippen molar-refractivity contribution in [3.63, 3.8) is 0 Å². The topological polar surface area (TPSA) is 62.7 Å². The highest BCUT2D eigenvalue weighted by Gasteiger charge is 2.33. The standard InChI is InChI=1S/C13H16Cl2N2O3/c1-17(8-13(19)2-4-20-5-3-13)12(18)9-6-11(15)16-7-10(9)14/h6-7,19H,2-5,8H2,1H3. The zero-order valence-corrected chi connectivity index (χ0v) is 12.6. The van der Waals surface area contributed by atoms with Gasteiger partial charge in [0, 0.05) is 45.8 Å². The van der Waals surface area contributed by atoms with E-state index in [0.29, 0.717) is 26.1 Å². The SMILES string of the molecule is CN(CC1(O)CCOCC1)C(=O)c1cc(Cl)ncc1Cl. The van der Waals surface area contributed by atoms with Crippen LogP contribution in [-0.4, -0.2) is 53.3 Å². The van der Waals surface area contributed by atoms with Crippen molar-refractivity contribution in [2.75, 3.05) is 26.8 Å². The highest BCUT2D eigenvalue weighted by Crippen LogP contribution is 2.24. The van der Waals surface area contributed by atoms with Crippen LogP contribution >= 0.6 is 23.2 Å².